The Morgan fingerprint density at radius 3 is 1.77 bits per heavy atom. The van der Waals surface area contributed by atoms with Gasteiger partial charge in [-0.05, 0) is 6.42 Å². The van der Waals surface area contributed by atoms with Gasteiger partial charge >= 0.3 is 0 Å². The van der Waals surface area contributed by atoms with Crippen molar-refractivity contribution < 1.29 is 46.9 Å². The predicted molar refractivity (Wildman–Crippen MR) is 50.2 cm³/mol. The molecule has 0 aliphatic carbocycles. The minimum atomic E-state index is 0. The third-order valence-electron chi connectivity index (χ3n) is 1.15. The third kappa shape index (κ3) is 19.4. The first-order valence-electron chi connectivity index (χ1n) is 4.06. The van der Waals surface area contributed by atoms with Crippen molar-refractivity contribution in [2.75, 3.05) is 40.1 Å². The van der Waals surface area contributed by atoms with Gasteiger partial charge in [0.25, 0.3) is 0 Å². The van der Waals surface area contributed by atoms with Gasteiger partial charge in [-0.15, -0.1) is 0 Å². The molecule has 13 heavy (non-hydrogen) atoms. The molecule has 0 spiro atoms. The number of hydrogen-bond acceptors (Lipinski definition) is 3. The summed E-state index contributed by atoms with van der Waals surface area (Å²) < 4.78 is 15.2. The molecule has 0 aromatic carbocycles. The second-order valence-corrected chi connectivity index (χ2v) is 2.22. The molecule has 79 valence electrons. The standard InChI is InChI=1S/C8H18O3.CH3.Y/c1-3-4-10-7-8-11-6-5-9-2;;/h3-8H2,1-2H3;1H3;/q;-1;. The van der Waals surface area contributed by atoms with Gasteiger partial charge in [0.15, 0.2) is 0 Å². The molecule has 4 heteroatoms. The van der Waals surface area contributed by atoms with Crippen LogP contribution in [0.2, 0.25) is 0 Å². The Kier molecular flexibility index (Phi) is 28.1. The Morgan fingerprint density at radius 1 is 0.846 bits per heavy atom. The van der Waals surface area contributed by atoms with E-state index in [-0.39, 0.29) is 40.1 Å². The summed E-state index contributed by atoms with van der Waals surface area (Å²) >= 11 is 0. The van der Waals surface area contributed by atoms with Gasteiger partial charge in [0, 0.05) is 46.4 Å². The first kappa shape index (κ1) is 19.5. The van der Waals surface area contributed by atoms with E-state index in [2.05, 4.69) is 6.92 Å². The van der Waals surface area contributed by atoms with Crippen LogP contribution in [0.3, 0.4) is 0 Å². The molecule has 0 rings (SSSR count). The number of rotatable bonds is 8. The topological polar surface area (TPSA) is 27.7 Å². The van der Waals surface area contributed by atoms with Gasteiger partial charge in [-0.1, -0.05) is 6.92 Å². The largest absolute Gasteiger partial charge is 0.382 e. The van der Waals surface area contributed by atoms with E-state index in [0.717, 1.165) is 13.0 Å². The summed E-state index contributed by atoms with van der Waals surface area (Å²) in [7, 11) is 1.66. The maximum absolute atomic E-state index is 5.20. The first-order chi connectivity index (χ1) is 5.41. The fourth-order valence-electron chi connectivity index (χ4n) is 0.609. The monoisotopic (exact) mass is 266 g/mol. The summed E-state index contributed by atoms with van der Waals surface area (Å²) in [6.45, 7) is 5.60. The average molecular weight is 266 g/mol. The fraction of sp³-hybridized carbons (Fsp3) is 0.889. The Hall–Kier alpha value is 0.984. The summed E-state index contributed by atoms with van der Waals surface area (Å²) in [5, 5.41) is 0. The molecule has 0 unspecified atom stereocenters. The SMILES string of the molecule is CCCOCCOCCOC.[CH3-].[Y]. The summed E-state index contributed by atoms with van der Waals surface area (Å²) in [5.74, 6) is 0. The van der Waals surface area contributed by atoms with Crippen molar-refractivity contribution in [3.8, 4) is 0 Å². The van der Waals surface area contributed by atoms with Crippen molar-refractivity contribution in [1.82, 2.24) is 0 Å². The van der Waals surface area contributed by atoms with Crippen LogP contribution in [0, 0.1) is 7.43 Å². The van der Waals surface area contributed by atoms with E-state index in [4.69, 9.17) is 14.2 Å². The van der Waals surface area contributed by atoms with E-state index in [1.807, 2.05) is 0 Å². The van der Waals surface area contributed by atoms with Gasteiger partial charge in [-0.2, -0.15) is 0 Å². The molecule has 0 N–H and O–H groups in total. The first-order valence-corrected chi connectivity index (χ1v) is 4.06. The van der Waals surface area contributed by atoms with E-state index in [0.29, 0.717) is 26.4 Å². The average Bonchev–Trinajstić information content (AvgIpc) is 2.03. The normalized spacial score (nSPS) is 8.77. The van der Waals surface area contributed by atoms with Crippen LogP contribution in [0.4, 0.5) is 0 Å². The molecule has 0 aromatic heterocycles. The van der Waals surface area contributed by atoms with Crippen molar-refractivity contribution >= 4 is 0 Å². The molecule has 0 saturated heterocycles. The summed E-state index contributed by atoms with van der Waals surface area (Å²) in [5.41, 5.74) is 0. The van der Waals surface area contributed by atoms with Crippen molar-refractivity contribution in [3.05, 3.63) is 7.43 Å². The Bertz CT molecular complexity index is 63.9. The van der Waals surface area contributed by atoms with Gasteiger partial charge in [0.2, 0.25) is 0 Å². The maximum atomic E-state index is 5.20. The van der Waals surface area contributed by atoms with Gasteiger partial charge in [0.05, 0.1) is 26.4 Å². The number of methoxy groups -OCH3 is 1. The van der Waals surface area contributed by atoms with Gasteiger partial charge in [0.1, 0.15) is 0 Å². The summed E-state index contributed by atoms with van der Waals surface area (Å²) in [6, 6.07) is 0. The predicted octanol–water partition coefficient (Wildman–Crippen LogP) is 1.52. The van der Waals surface area contributed by atoms with E-state index < -0.39 is 0 Å². The third-order valence-corrected chi connectivity index (χ3v) is 1.15. The molecule has 0 fully saturated rings. The molecule has 0 amide bonds. The van der Waals surface area contributed by atoms with Crippen LogP contribution >= 0.6 is 0 Å². The summed E-state index contributed by atoms with van der Waals surface area (Å²) in [6.07, 6.45) is 1.07. The van der Waals surface area contributed by atoms with E-state index in [1.165, 1.54) is 0 Å². The fourth-order valence-corrected chi connectivity index (χ4v) is 0.609. The van der Waals surface area contributed by atoms with E-state index in [9.17, 15) is 0 Å². The minimum absolute atomic E-state index is 0. The van der Waals surface area contributed by atoms with Crippen molar-refractivity contribution in [1.29, 1.82) is 0 Å². The maximum Gasteiger partial charge on any atom is 0.0701 e. The zero-order valence-electron chi connectivity index (χ0n) is 9.04. The second-order valence-electron chi connectivity index (χ2n) is 2.22. The van der Waals surface area contributed by atoms with Crippen molar-refractivity contribution in [2.24, 2.45) is 0 Å². The molecule has 0 heterocycles. The molecule has 0 aromatic rings. The molecule has 1 radical (unpaired) electrons. The molecular weight excluding hydrogens is 245 g/mol. The van der Waals surface area contributed by atoms with Gasteiger partial charge < -0.3 is 21.6 Å². The van der Waals surface area contributed by atoms with Crippen molar-refractivity contribution in [3.63, 3.8) is 0 Å². The second kappa shape index (κ2) is 18.7. The molecule has 0 atom stereocenters. The van der Waals surface area contributed by atoms with Crippen LogP contribution in [0.15, 0.2) is 0 Å². The summed E-state index contributed by atoms with van der Waals surface area (Å²) in [4.78, 5) is 0. The molecule has 0 saturated carbocycles. The zero-order valence-corrected chi connectivity index (χ0v) is 11.9. The molecule has 0 bridgehead atoms. The van der Waals surface area contributed by atoms with Crippen LogP contribution in [-0.4, -0.2) is 40.1 Å². The quantitative estimate of drug-likeness (QED) is 0.492. The van der Waals surface area contributed by atoms with E-state index in [1.54, 1.807) is 7.11 Å². The van der Waals surface area contributed by atoms with Crippen LogP contribution < -0.4 is 0 Å². The van der Waals surface area contributed by atoms with Crippen LogP contribution in [0.1, 0.15) is 13.3 Å². The van der Waals surface area contributed by atoms with Crippen LogP contribution in [0.25, 0.3) is 0 Å². The molecule has 3 nitrogen and oxygen atoms in total. The number of ether oxygens (including phenoxy) is 3. The van der Waals surface area contributed by atoms with Crippen LogP contribution in [-0.2, 0) is 46.9 Å². The Balaban J connectivity index is -0.000000500. The zero-order chi connectivity index (χ0) is 8.36. The smallest absolute Gasteiger partial charge is 0.0701 e. The van der Waals surface area contributed by atoms with Crippen LogP contribution in [0.5, 0.6) is 0 Å². The molecular formula is C9H21O3Y-. The Labute approximate surface area is 107 Å². The van der Waals surface area contributed by atoms with Gasteiger partial charge in [-0.3, -0.25) is 0 Å². The van der Waals surface area contributed by atoms with E-state index >= 15 is 0 Å². The molecule has 0 aliphatic rings. The molecule has 0 aliphatic heterocycles. The van der Waals surface area contributed by atoms with Gasteiger partial charge in [-0.25, -0.2) is 0 Å². The minimum Gasteiger partial charge on any atom is -0.382 e. The van der Waals surface area contributed by atoms with Crippen molar-refractivity contribution in [2.45, 2.75) is 13.3 Å². The Morgan fingerprint density at radius 2 is 1.31 bits per heavy atom. The number of hydrogen-bond donors (Lipinski definition) is 0.